The highest BCUT2D eigenvalue weighted by atomic mass is 16.5. The molecule has 1 atom stereocenters. The number of nitrogens with one attached hydrogen (secondary N) is 2. The maximum absolute atomic E-state index is 12.9. The van der Waals surface area contributed by atoms with E-state index in [0.29, 0.717) is 18.2 Å². The molecule has 0 unspecified atom stereocenters. The van der Waals surface area contributed by atoms with E-state index in [4.69, 9.17) is 9.47 Å². The first kappa shape index (κ1) is 25.8. The fourth-order valence-electron chi connectivity index (χ4n) is 5.57. The molecule has 3 aromatic rings. The van der Waals surface area contributed by atoms with E-state index in [1.807, 2.05) is 25.1 Å². The Kier molecular flexibility index (Phi) is 7.56. The van der Waals surface area contributed by atoms with Crippen molar-refractivity contribution < 1.29 is 19.4 Å². The summed E-state index contributed by atoms with van der Waals surface area (Å²) in [5.74, 6) is 0.599. The van der Waals surface area contributed by atoms with Crippen LogP contribution in [-0.2, 0) is 18.3 Å². The van der Waals surface area contributed by atoms with Crippen molar-refractivity contribution in [2.75, 3.05) is 18.5 Å². The number of amides is 1. The van der Waals surface area contributed by atoms with Crippen molar-refractivity contribution >= 4 is 22.5 Å². The number of nitrogens with zero attached hydrogens (tertiary/aromatic N) is 1. The predicted octanol–water partition coefficient (Wildman–Crippen LogP) is 5.08. The Morgan fingerprint density at radius 3 is 2.62 bits per heavy atom. The molecule has 2 fully saturated rings. The summed E-state index contributed by atoms with van der Waals surface area (Å²) >= 11 is 0. The van der Waals surface area contributed by atoms with E-state index < -0.39 is 5.60 Å². The Bertz CT molecular complexity index is 1230. The van der Waals surface area contributed by atoms with E-state index >= 15 is 0 Å². The van der Waals surface area contributed by atoms with Gasteiger partial charge >= 0.3 is 0 Å². The molecule has 1 saturated heterocycles. The summed E-state index contributed by atoms with van der Waals surface area (Å²) in [6.45, 7) is 6.22. The van der Waals surface area contributed by atoms with Crippen LogP contribution in [0.5, 0.6) is 5.75 Å². The Hall–Kier alpha value is -2.87. The second kappa shape index (κ2) is 10.9. The summed E-state index contributed by atoms with van der Waals surface area (Å²) in [6.07, 6.45) is 5.96. The standard InChI is InChI=1S/C30H39N3O4/c1-20-26-17-23(32-29(34)21-6-9-24(10-7-21)37-19-25-5-4-16-36-25)8-11-27(26)33(3)28(20)18-31-22-12-14-30(2,35)15-13-22/h6-11,17,22,25,31,35H,4-5,12-16,18-19H2,1-3H3,(H,32,34)/t22-,25-,30+/m0/s1. The third-order valence-electron chi connectivity index (χ3n) is 8.05. The molecular weight excluding hydrogens is 466 g/mol. The lowest BCUT2D eigenvalue weighted by molar-refractivity contribution is 0.0139. The number of fused-ring (bicyclic) bond motifs is 1. The van der Waals surface area contributed by atoms with Gasteiger partial charge in [0.15, 0.2) is 0 Å². The van der Waals surface area contributed by atoms with Crippen LogP contribution < -0.4 is 15.4 Å². The van der Waals surface area contributed by atoms with E-state index in [1.54, 1.807) is 12.1 Å². The van der Waals surface area contributed by atoms with Crippen molar-refractivity contribution in [2.45, 2.75) is 76.7 Å². The van der Waals surface area contributed by atoms with Gasteiger partial charge in [0.1, 0.15) is 12.4 Å². The third kappa shape index (κ3) is 6.00. The maximum atomic E-state index is 12.9. The number of carbonyl (C=O) groups is 1. The van der Waals surface area contributed by atoms with Crippen LogP contribution in [-0.4, -0.2) is 46.5 Å². The van der Waals surface area contributed by atoms with Crippen molar-refractivity contribution in [3.05, 3.63) is 59.3 Å². The first-order valence-corrected chi connectivity index (χ1v) is 13.5. The van der Waals surface area contributed by atoms with Crippen LogP contribution in [0, 0.1) is 6.92 Å². The molecule has 2 aromatic carbocycles. The summed E-state index contributed by atoms with van der Waals surface area (Å²) in [5, 5.41) is 18.1. The fourth-order valence-corrected chi connectivity index (χ4v) is 5.57. The third-order valence-corrected chi connectivity index (χ3v) is 8.05. The smallest absolute Gasteiger partial charge is 0.255 e. The van der Waals surface area contributed by atoms with Gasteiger partial charge in [-0.1, -0.05) is 0 Å². The SMILES string of the molecule is Cc1c(CN[C@H]2CC[C@@](C)(O)CC2)n(C)c2ccc(NC(=O)c3ccc(OC[C@@H]4CCCO4)cc3)cc12. The highest BCUT2D eigenvalue weighted by Gasteiger charge is 2.28. The first-order chi connectivity index (χ1) is 17.8. The van der Waals surface area contributed by atoms with Crippen LogP contribution in [0.2, 0.25) is 0 Å². The van der Waals surface area contributed by atoms with E-state index in [2.05, 4.69) is 41.3 Å². The molecule has 3 N–H and O–H groups in total. The lowest BCUT2D eigenvalue weighted by Crippen LogP contribution is -2.39. The molecule has 1 saturated carbocycles. The molecule has 7 nitrogen and oxygen atoms in total. The molecule has 198 valence electrons. The first-order valence-electron chi connectivity index (χ1n) is 13.5. The van der Waals surface area contributed by atoms with Gasteiger partial charge < -0.3 is 29.8 Å². The van der Waals surface area contributed by atoms with Crippen molar-refractivity contribution in [3.8, 4) is 5.75 Å². The molecule has 1 aromatic heterocycles. The average Bonchev–Trinajstić information content (AvgIpc) is 3.49. The van der Waals surface area contributed by atoms with Gasteiger partial charge in [-0.3, -0.25) is 4.79 Å². The van der Waals surface area contributed by atoms with Crippen molar-refractivity contribution in [2.24, 2.45) is 7.05 Å². The maximum Gasteiger partial charge on any atom is 0.255 e. The highest BCUT2D eigenvalue weighted by molar-refractivity contribution is 6.05. The Balaban J connectivity index is 1.21. The average molecular weight is 506 g/mol. The molecule has 1 amide bonds. The quantitative estimate of drug-likeness (QED) is 0.398. The van der Waals surface area contributed by atoms with Crippen LogP contribution in [0.3, 0.4) is 0 Å². The number of benzene rings is 2. The molecule has 37 heavy (non-hydrogen) atoms. The van der Waals surface area contributed by atoms with Gasteiger partial charge in [0, 0.05) is 54.1 Å². The summed E-state index contributed by atoms with van der Waals surface area (Å²) in [4.78, 5) is 12.9. The number of hydrogen-bond acceptors (Lipinski definition) is 5. The normalized spacial score (nSPS) is 23.9. The van der Waals surface area contributed by atoms with E-state index in [9.17, 15) is 9.90 Å². The van der Waals surface area contributed by atoms with Gasteiger partial charge in [-0.15, -0.1) is 0 Å². The van der Waals surface area contributed by atoms with E-state index in [-0.39, 0.29) is 12.0 Å². The molecule has 0 spiro atoms. The van der Waals surface area contributed by atoms with Gasteiger partial charge in [-0.25, -0.2) is 0 Å². The molecule has 7 heteroatoms. The number of aromatic nitrogens is 1. The monoisotopic (exact) mass is 505 g/mol. The molecule has 0 radical (unpaired) electrons. The second-order valence-electron chi connectivity index (χ2n) is 10.9. The number of rotatable bonds is 8. The lowest BCUT2D eigenvalue weighted by Gasteiger charge is -2.33. The van der Waals surface area contributed by atoms with E-state index in [0.717, 1.165) is 74.0 Å². The molecule has 2 aliphatic rings. The second-order valence-corrected chi connectivity index (χ2v) is 10.9. The topological polar surface area (TPSA) is 84.8 Å². The lowest BCUT2D eigenvalue weighted by atomic mass is 9.83. The summed E-state index contributed by atoms with van der Waals surface area (Å²) in [5.41, 5.74) is 4.46. The minimum absolute atomic E-state index is 0.145. The largest absolute Gasteiger partial charge is 0.491 e. The number of hydrogen-bond donors (Lipinski definition) is 3. The van der Waals surface area contributed by atoms with Crippen molar-refractivity contribution in [1.82, 2.24) is 9.88 Å². The number of anilines is 1. The molecular formula is C30H39N3O4. The van der Waals surface area contributed by atoms with Crippen LogP contribution in [0.15, 0.2) is 42.5 Å². The molecule has 0 bridgehead atoms. The van der Waals surface area contributed by atoms with Gasteiger partial charge in [0.05, 0.1) is 11.7 Å². The summed E-state index contributed by atoms with van der Waals surface area (Å²) in [7, 11) is 2.10. The Labute approximate surface area is 219 Å². The molecule has 2 heterocycles. The molecule has 1 aliphatic carbocycles. The van der Waals surface area contributed by atoms with Gasteiger partial charge in [0.2, 0.25) is 0 Å². The van der Waals surface area contributed by atoms with Gasteiger partial charge in [-0.05, 0) is 100 Å². The number of aliphatic hydroxyl groups is 1. The molecule has 1 aliphatic heterocycles. The number of carbonyl (C=O) groups excluding carboxylic acids is 1. The number of ether oxygens (including phenoxy) is 2. The number of aryl methyl sites for hydroxylation is 2. The van der Waals surface area contributed by atoms with Crippen molar-refractivity contribution in [3.63, 3.8) is 0 Å². The zero-order valence-corrected chi connectivity index (χ0v) is 22.2. The zero-order chi connectivity index (χ0) is 26.0. The van der Waals surface area contributed by atoms with Gasteiger partial charge in [-0.2, -0.15) is 0 Å². The van der Waals surface area contributed by atoms with Crippen LogP contribution in [0.1, 0.15) is 67.1 Å². The van der Waals surface area contributed by atoms with Gasteiger partial charge in [0.25, 0.3) is 5.91 Å². The molecule has 5 rings (SSSR count). The minimum atomic E-state index is -0.519. The Morgan fingerprint density at radius 1 is 1.16 bits per heavy atom. The summed E-state index contributed by atoms with van der Waals surface area (Å²) < 4.78 is 13.6. The predicted molar refractivity (Wildman–Crippen MR) is 146 cm³/mol. The van der Waals surface area contributed by atoms with Crippen molar-refractivity contribution in [1.29, 1.82) is 0 Å². The van der Waals surface area contributed by atoms with Crippen LogP contribution >= 0.6 is 0 Å². The minimum Gasteiger partial charge on any atom is -0.491 e. The van der Waals surface area contributed by atoms with Crippen LogP contribution in [0.4, 0.5) is 5.69 Å². The zero-order valence-electron chi connectivity index (χ0n) is 22.2. The highest BCUT2D eigenvalue weighted by Crippen LogP contribution is 2.30. The van der Waals surface area contributed by atoms with Crippen LogP contribution in [0.25, 0.3) is 10.9 Å². The van der Waals surface area contributed by atoms with E-state index in [1.165, 1.54) is 11.3 Å². The summed E-state index contributed by atoms with van der Waals surface area (Å²) in [6, 6.07) is 13.8. The fraction of sp³-hybridized carbons (Fsp3) is 0.500. The Morgan fingerprint density at radius 2 is 1.92 bits per heavy atom.